The van der Waals surface area contributed by atoms with Gasteiger partial charge in [0.1, 0.15) is 5.82 Å². The van der Waals surface area contributed by atoms with E-state index >= 15 is 0 Å². The second kappa shape index (κ2) is 4.58. The smallest absolute Gasteiger partial charge is 0.297 e. The first-order chi connectivity index (χ1) is 8.08. The molecule has 88 valence electrons. The molecule has 17 heavy (non-hydrogen) atoms. The van der Waals surface area contributed by atoms with Gasteiger partial charge in [0.05, 0.1) is 4.47 Å². The maximum atomic E-state index is 13.3. The van der Waals surface area contributed by atoms with E-state index < -0.39 is 11.7 Å². The Labute approximate surface area is 104 Å². The molecule has 0 saturated carbocycles. The van der Waals surface area contributed by atoms with Crippen molar-refractivity contribution in [3.63, 3.8) is 0 Å². The number of carbonyl (C=O) groups is 1. The number of aromatic nitrogens is 4. The van der Waals surface area contributed by atoms with Gasteiger partial charge in [-0.05, 0) is 45.8 Å². The largest absolute Gasteiger partial charge is 0.319 e. The molecule has 0 spiro atoms. The Bertz CT molecular complexity index is 557. The second-order valence-electron chi connectivity index (χ2n) is 3.27. The van der Waals surface area contributed by atoms with Crippen LogP contribution in [0.2, 0.25) is 0 Å². The van der Waals surface area contributed by atoms with Gasteiger partial charge in [0.15, 0.2) is 0 Å². The molecule has 6 nitrogen and oxygen atoms in total. The zero-order chi connectivity index (χ0) is 12.4. The summed E-state index contributed by atoms with van der Waals surface area (Å²) in [5.74, 6) is -1.12. The summed E-state index contributed by atoms with van der Waals surface area (Å²) in [6.45, 7) is 1.75. The van der Waals surface area contributed by atoms with Gasteiger partial charge in [-0.25, -0.2) is 4.39 Å². The Morgan fingerprint density at radius 2 is 2.29 bits per heavy atom. The van der Waals surface area contributed by atoms with Crippen LogP contribution in [0.1, 0.15) is 16.2 Å². The van der Waals surface area contributed by atoms with Crippen molar-refractivity contribution in [2.75, 3.05) is 5.32 Å². The zero-order valence-corrected chi connectivity index (χ0v) is 10.2. The predicted octanol–water partition coefficient (Wildman–Crippen LogP) is 1.66. The maximum Gasteiger partial charge on any atom is 0.297 e. The number of hydrogen-bond donors (Lipinski definition) is 2. The number of benzene rings is 1. The van der Waals surface area contributed by atoms with E-state index in [-0.39, 0.29) is 5.82 Å². The third-order valence-electron chi connectivity index (χ3n) is 2.06. The van der Waals surface area contributed by atoms with Crippen molar-refractivity contribution in [3.05, 3.63) is 33.8 Å². The Hall–Kier alpha value is -1.83. The number of anilines is 1. The lowest BCUT2D eigenvalue weighted by molar-refractivity contribution is 0.101. The van der Waals surface area contributed by atoms with Crippen LogP contribution in [-0.4, -0.2) is 26.5 Å². The van der Waals surface area contributed by atoms with Gasteiger partial charge in [-0.2, -0.15) is 5.21 Å². The molecule has 1 aromatic carbocycles. The molecule has 1 amide bonds. The predicted molar refractivity (Wildman–Crippen MR) is 61.0 cm³/mol. The van der Waals surface area contributed by atoms with Crippen molar-refractivity contribution in [2.45, 2.75) is 6.92 Å². The average molecular weight is 300 g/mol. The third kappa shape index (κ3) is 2.47. The number of H-pyrrole nitrogens is 1. The standard InChI is InChI=1S/C9H7BrFN5O/c1-4-2-5(10)6(11)3-7(4)12-9(17)8-13-15-16-14-8/h2-3H,1H3,(H,12,17)(H,13,14,15,16). The van der Waals surface area contributed by atoms with E-state index in [0.29, 0.717) is 10.2 Å². The fourth-order valence-corrected chi connectivity index (χ4v) is 1.67. The molecule has 2 N–H and O–H groups in total. The van der Waals surface area contributed by atoms with Crippen LogP contribution in [0, 0.1) is 12.7 Å². The minimum absolute atomic E-state index is 0.104. The summed E-state index contributed by atoms with van der Waals surface area (Å²) >= 11 is 3.06. The van der Waals surface area contributed by atoms with Crippen molar-refractivity contribution in [3.8, 4) is 0 Å². The van der Waals surface area contributed by atoms with Gasteiger partial charge >= 0.3 is 0 Å². The van der Waals surface area contributed by atoms with Crippen LogP contribution in [-0.2, 0) is 0 Å². The van der Waals surface area contributed by atoms with Crippen LogP contribution in [0.5, 0.6) is 0 Å². The van der Waals surface area contributed by atoms with Gasteiger partial charge < -0.3 is 5.32 Å². The van der Waals surface area contributed by atoms with E-state index in [9.17, 15) is 9.18 Å². The number of nitrogens with one attached hydrogen (secondary N) is 2. The molecule has 0 atom stereocenters. The fourth-order valence-electron chi connectivity index (χ4n) is 1.22. The Balaban J connectivity index is 2.25. The van der Waals surface area contributed by atoms with E-state index in [1.165, 1.54) is 6.07 Å². The summed E-state index contributed by atoms with van der Waals surface area (Å²) in [6.07, 6.45) is 0. The number of halogens is 2. The van der Waals surface area contributed by atoms with Crippen LogP contribution in [0.3, 0.4) is 0 Å². The van der Waals surface area contributed by atoms with E-state index in [4.69, 9.17) is 0 Å². The number of aryl methyl sites for hydroxylation is 1. The van der Waals surface area contributed by atoms with Crippen molar-refractivity contribution in [1.29, 1.82) is 0 Å². The molecule has 0 fully saturated rings. The molecule has 1 heterocycles. The van der Waals surface area contributed by atoms with Crippen molar-refractivity contribution in [1.82, 2.24) is 20.6 Å². The normalized spacial score (nSPS) is 10.3. The van der Waals surface area contributed by atoms with Gasteiger partial charge in [0.25, 0.3) is 11.7 Å². The molecule has 1 aromatic heterocycles. The molecule has 0 saturated heterocycles. The lowest BCUT2D eigenvalue weighted by Gasteiger charge is -2.07. The van der Waals surface area contributed by atoms with E-state index in [1.807, 2.05) is 0 Å². The lowest BCUT2D eigenvalue weighted by atomic mass is 10.2. The minimum Gasteiger partial charge on any atom is -0.319 e. The number of carbonyl (C=O) groups excluding carboxylic acids is 1. The van der Waals surface area contributed by atoms with E-state index in [0.717, 1.165) is 5.56 Å². The highest BCUT2D eigenvalue weighted by Gasteiger charge is 2.13. The lowest BCUT2D eigenvalue weighted by Crippen LogP contribution is -2.14. The SMILES string of the molecule is Cc1cc(Br)c(F)cc1NC(=O)c1nn[nH]n1. The number of rotatable bonds is 2. The summed E-state index contributed by atoms with van der Waals surface area (Å²) in [5, 5.41) is 15.0. The van der Waals surface area contributed by atoms with Crippen LogP contribution < -0.4 is 5.32 Å². The monoisotopic (exact) mass is 299 g/mol. The second-order valence-corrected chi connectivity index (χ2v) is 4.13. The number of hydrogen-bond acceptors (Lipinski definition) is 4. The Kier molecular flexibility index (Phi) is 3.14. The van der Waals surface area contributed by atoms with Crippen molar-refractivity contribution in [2.24, 2.45) is 0 Å². The van der Waals surface area contributed by atoms with E-state index in [2.05, 4.69) is 41.9 Å². The first-order valence-corrected chi connectivity index (χ1v) is 5.37. The Morgan fingerprint density at radius 3 is 2.94 bits per heavy atom. The molecule has 0 aliphatic rings. The maximum absolute atomic E-state index is 13.3. The first kappa shape index (κ1) is 11.6. The van der Waals surface area contributed by atoms with Crippen LogP contribution in [0.25, 0.3) is 0 Å². The number of tetrazole rings is 1. The highest BCUT2D eigenvalue weighted by atomic mass is 79.9. The molecular weight excluding hydrogens is 293 g/mol. The summed E-state index contributed by atoms with van der Waals surface area (Å²) in [7, 11) is 0. The van der Waals surface area contributed by atoms with Gasteiger partial charge in [-0.3, -0.25) is 4.79 Å². The summed E-state index contributed by atoms with van der Waals surface area (Å²) < 4.78 is 13.6. The fraction of sp³-hybridized carbons (Fsp3) is 0.111. The molecule has 2 rings (SSSR count). The number of amides is 1. The minimum atomic E-state index is -0.552. The van der Waals surface area contributed by atoms with Gasteiger partial charge in [0, 0.05) is 5.69 Å². The molecule has 8 heteroatoms. The topological polar surface area (TPSA) is 83.6 Å². The Morgan fingerprint density at radius 1 is 1.53 bits per heavy atom. The molecule has 0 bridgehead atoms. The quantitative estimate of drug-likeness (QED) is 0.883. The number of nitrogens with zero attached hydrogens (tertiary/aromatic N) is 3. The highest BCUT2D eigenvalue weighted by molar-refractivity contribution is 9.10. The van der Waals surface area contributed by atoms with Gasteiger partial charge in [-0.15, -0.1) is 10.2 Å². The van der Waals surface area contributed by atoms with Gasteiger partial charge in [0.2, 0.25) is 0 Å². The molecular formula is C9H7BrFN5O. The van der Waals surface area contributed by atoms with Gasteiger partial charge in [-0.1, -0.05) is 0 Å². The summed E-state index contributed by atoms with van der Waals surface area (Å²) in [5.41, 5.74) is 1.08. The molecule has 0 radical (unpaired) electrons. The zero-order valence-electron chi connectivity index (χ0n) is 8.66. The number of aromatic amines is 1. The van der Waals surface area contributed by atoms with Crippen molar-refractivity contribution < 1.29 is 9.18 Å². The van der Waals surface area contributed by atoms with Crippen LogP contribution in [0.15, 0.2) is 16.6 Å². The molecule has 0 aliphatic carbocycles. The third-order valence-corrected chi connectivity index (χ3v) is 2.67. The first-order valence-electron chi connectivity index (χ1n) is 4.58. The molecule has 0 unspecified atom stereocenters. The van der Waals surface area contributed by atoms with Crippen LogP contribution in [0.4, 0.5) is 10.1 Å². The summed E-state index contributed by atoms with van der Waals surface area (Å²) in [6, 6.07) is 2.79. The highest BCUT2D eigenvalue weighted by Crippen LogP contribution is 2.24. The van der Waals surface area contributed by atoms with Crippen molar-refractivity contribution >= 4 is 27.5 Å². The average Bonchev–Trinajstić information content (AvgIpc) is 2.79. The van der Waals surface area contributed by atoms with E-state index in [1.54, 1.807) is 13.0 Å². The molecule has 0 aliphatic heterocycles. The summed E-state index contributed by atoms with van der Waals surface area (Å²) in [4.78, 5) is 11.6. The molecule has 2 aromatic rings. The van der Waals surface area contributed by atoms with Crippen LogP contribution >= 0.6 is 15.9 Å².